The molecule has 1 aliphatic rings. The van der Waals surface area contributed by atoms with Crippen molar-refractivity contribution < 1.29 is 4.92 Å². The standard InChI is InChI=1S/C16H21Cl2NO2/c1-10(2)11-4-6-15(17)13(7-11)8-12-3-5-14(19(20)21)9-16(12)18/h3,5,9-11,13,15H,4,6-8H2,1-2H3. The molecular formula is C16H21Cl2NO2. The van der Waals surface area contributed by atoms with Crippen molar-refractivity contribution in [3.05, 3.63) is 38.9 Å². The van der Waals surface area contributed by atoms with E-state index in [9.17, 15) is 10.1 Å². The Morgan fingerprint density at radius 2 is 2.10 bits per heavy atom. The summed E-state index contributed by atoms with van der Waals surface area (Å²) in [5, 5.41) is 11.4. The van der Waals surface area contributed by atoms with Crippen LogP contribution in [0.1, 0.15) is 38.7 Å². The highest BCUT2D eigenvalue weighted by Crippen LogP contribution is 2.39. The molecule has 0 bridgehead atoms. The fraction of sp³-hybridized carbons (Fsp3) is 0.625. The molecule has 0 heterocycles. The molecule has 3 unspecified atom stereocenters. The molecule has 116 valence electrons. The first-order chi connectivity index (χ1) is 9.88. The second-order valence-electron chi connectivity index (χ2n) is 6.33. The van der Waals surface area contributed by atoms with E-state index < -0.39 is 4.92 Å². The fourth-order valence-corrected chi connectivity index (χ4v) is 3.75. The van der Waals surface area contributed by atoms with Gasteiger partial charge in [-0.05, 0) is 49.0 Å². The third kappa shape index (κ3) is 4.10. The Morgan fingerprint density at radius 1 is 1.38 bits per heavy atom. The van der Waals surface area contributed by atoms with Crippen LogP contribution in [0.5, 0.6) is 0 Å². The minimum absolute atomic E-state index is 0.0369. The fourth-order valence-electron chi connectivity index (χ4n) is 3.18. The van der Waals surface area contributed by atoms with Crippen molar-refractivity contribution in [3.8, 4) is 0 Å². The van der Waals surface area contributed by atoms with Crippen LogP contribution in [-0.4, -0.2) is 10.3 Å². The van der Waals surface area contributed by atoms with Crippen molar-refractivity contribution >= 4 is 28.9 Å². The van der Waals surface area contributed by atoms with E-state index in [1.165, 1.54) is 18.6 Å². The smallest absolute Gasteiger partial charge is 0.258 e. The Balaban J connectivity index is 2.11. The van der Waals surface area contributed by atoms with Gasteiger partial charge >= 0.3 is 0 Å². The van der Waals surface area contributed by atoms with Gasteiger partial charge in [0.15, 0.2) is 0 Å². The van der Waals surface area contributed by atoms with Gasteiger partial charge in [0.1, 0.15) is 0 Å². The lowest BCUT2D eigenvalue weighted by molar-refractivity contribution is -0.384. The molecule has 5 heteroatoms. The zero-order valence-corrected chi connectivity index (χ0v) is 13.9. The summed E-state index contributed by atoms with van der Waals surface area (Å²) in [5.74, 6) is 1.78. The summed E-state index contributed by atoms with van der Waals surface area (Å²) in [6.07, 6.45) is 4.14. The van der Waals surface area contributed by atoms with Crippen LogP contribution in [0.25, 0.3) is 0 Å². The second kappa shape index (κ2) is 6.97. The highest BCUT2D eigenvalue weighted by molar-refractivity contribution is 6.31. The van der Waals surface area contributed by atoms with Crippen LogP contribution in [0, 0.1) is 27.9 Å². The van der Waals surface area contributed by atoms with Crippen LogP contribution in [0.15, 0.2) is 18.2 Å². The zero-order valence-electron chi connectivity index (χ0n) is 12.4. The van der Waals surface area contributed by atoms with Gasteiger partial charge in [0.05, 0.1) is 9.95 Å². The summed E-state index contributed by atoms with van der Waals surface area (Å²) >= 11 is 12.7. The van der Waals surface area contributed by atoms with E-state index in [2.05, 4.69) is 13.8 Å². The number of nitro benzene ring substituents is 1. The van der Waals surface area contributed by atoms with E-state index in [-0.39, 0.29) is 11.1 Å². The molecule has 0 aromatic heterocycles. The number of halogens is 2. The second-order valence-corrected chi connectivity index (χ2v) is 7.30. The van der Waals surface area contributed by atoms with Crippen molar-refractivity contribution in [3.63, 3.8) is 0 Å². The Bertz CT molecular complexity index is 519. The van der Waals surface area contributed by atoms with E-state index >= 15 is 0 Å². The van der Waals surface area contributed by atoms with Crippen LogP contribution >= 0.6 is 23.2 Å². The molecule has 3 nitrogen and oxygen atoms in total. The van der Waals surface area contributed by atoms with Gasteiger partial charge in [-0.1, -0.05) is 31.5 Å². The van der Waals surface area contributed by atoms with Gasteiger partial charge in [-0.15, -0.1) is 11.6 Å². The van der Waals surface area contributed by atoms with Crippen molar-refractivity contribution in [2.45, 2.75) is 44.9 Å². The van der Waals surface area contributed by atoms with Crippen LogP contribution in [-0.2, 0) is 6.42 Å². The van der Waals surface area contributed by atoms with Crippen LogP contribution in [0.3, 0.4) is 0 Å². The first kappa shape index (κ1) is 16.6. The molecule has 21 heavy (non-hydrogen) atoms. The third-order valence-electron chi connectivity index (χ3n) is 4.60. The van der Waals surface area contributed by atoms with Gasteiger partial charge in [-0.2, -0.15) is 0 Å². The molecule has 0 amide bonds. The molecule has 0 radical (unpaired) electrons. The molecule has 0 aliphatic heterocycles. The maximum atomic E-state index is 10.8. The predicted octanol–water partition coefficient (Wildman–Crippen LogP) is 5.47. The molecule has 0 spiro atoms. The number of rotatable bonds is 4. The van der Waals surface area contributed by atoms with Crippen LogP contribution in [0.2, 0.25) is 5.02 Å². The average Bonchev–Trinajstić information content (AvgIpc) is 2.42. The molecule has 1 saturated carbocycles. The molecular weight excluding hydrogens is 309 g/mol. The maximum Gasteiger partial charge on any atom is 0.270 e. The lowest BCUT2D eigenvalue weighted by atomic mass is 9.74. The van der Waals surface area contributed by atoms with Gasteiger partial charge in [0.2, 0.25) is 0 Å². The van der Waals surface area contributed by atoms with Crippen LogP contribution < -0.4 is 0 Å². The van der Waals surface area contributed by atoms with E-state index in [1.54, 1.807) is 6.07 Å². The van der Waals surface area contributed by atoms with Crippen molar-refractivity contribution in [1.29, 1.82) is 0 Å². The number of benzene rings is 1. The molecule has 3 atom stereocenters. The summed E-state index contributed by atoms with van der Waals surface area (Å²) in [7, 11) is 0. The molecule has 1 fully saturated rings. The third-order valence-corrected chi connectivity index (χ3v) is 5.53. The van der Waals surface area contributed by atoms with Gasteiger partial charge < -0.3 is 0 Å². The Morgan fingerprint density at radius 3 is 2.67 bits per heavy atom. The largest absolute Gasteiger partial charge is 0.270 e. The van der Waals surface area contributed by atoms with Gasteiger partial charge in [-0.25, -0.2) is 0 Å². The number of non-ortho nitro benzene ring substituents is 1. The normalized spacial score (nSPS) is 26.0. The SMILES string of the molecule is CC(C)C1CCC(Cl)C(Cc2ccc([N+](=O)[O-])cc2Cl)C1. The first-order valence-corrected chi connectivity index (χ1v) is 8.26. The van der Waals surface area contributed by atoms with Gasteiger partial charge in [0.25, 0.3) is 5.69 Å². The summed E-state index contributed by atoms with van der Waals surface area (Å²) < 4.78 is 0. The average molecular weight is 330 g/mol. The van der Waals surface area contributed by atoms with E-state index in [4.69, 9.17) is 23.2 Å². The number of hydrogen-bond acceptors (Lipinski definition) is 2. The molecule has 2 rings (SSSR count). The quantitative estimate of drug-likeness (QED) is 0.417. The van der Waals surface area contributed by atoms with E-state index in [0.717, 1.165) is 24.8 Å². The summed E-state index contributed by atoms with van der Waals surface area (Å²) in [6.45, 7) is 4.52. The minimum atomic E-state index is -0.421. The van der Waals surface area contributed by atoms with Gasteiger partial charge in [0, 0.05) is 17.5 Å². The van der Waals surface area contributed by atoms with E-state index in [0.29, 0.717) is 22.8 Å². The monoisotopic (exact) mass is 329 g/mol. The van der Waals surface area contributed by atoms with Gasteiger partial charge in [-0.3, -0.25) is 10.1 Å². The van der Waals surface area contributed by atoms with Crippen molar-refractivity contribution in [1.82, 2.24) is 0 Å². The lowest BCUT2D eigenvalue weighted by Crippen LogP contribution is -2.29. The van der Waals surface area contributed by atoms with Crippen LogP contribution in [0.4, 0.5) is 5.69 Å². The molecule has 1 aromatic carbocycles. The maximum absolute atomic E-state index is 10.8. The number of nitro groups is 1. The molecule has 0 N–H and O–H groups in total. The number of alkyl halides is 1. The zero-order chi connectivity index (χ0) is 15.6. The van der Waals surface area contributed by atoms with Crippen molar-refractivity contribution in [2.75, 3.05) is 0 Å². The lowest BCUT2D eigenvalue weighted by Gasteiger charge is -2.35. The summed E-state index contributed by atoms with van der Waals surface area (Å²) in [4.78, 5) is 10.3. The predicted molar refractivity (Wildman–Crippen MR) is 87.1 cm³/mol. The molecule has 1 aliphatic carbocycles. The Labute approximate surface area is 135 Å². The van der Waals surface area contributed by atoms with E-state index in [1.807, 2.05) is 0 Å². The summed E-state index contributed by atoms with van der Waals surface area (Å²) in [5.41, 5.74) is 0.997. The molecule has 0 saturated heterocycles. The molecule has 1 aromatic rings. The highest BCUT2D eigenvalue weighted by Gasteiger charge is 2.31. The summed E-state index contributed by atoms with van der Waals surface area (Å²) in [6, 6.07) is 4.72. The highest BCUT2D eigenvalue weighted by atomic mass is 35.5. The minimum Gasteiger partial charge on any atom is -0.258 e. The Hall–Kier alpha value is -0.800. The van der Waals surface area contributed by atoms with Crippen molar-refractivity contribution in [2.24, 2.45) is 17.8 Å². The number of nitrogens with zero attached hydrogens (tertiary/aromatic N) is 1. The Kier molecular flexibility index (Phi) is 5.50. The topological polar surface area (TPSA) is 43.1 Å². The number of hydrogen-bond donors (Lipinski definition) is 0. The first-order valence-electron chi connectivity index (χ1n) is 7.45.